The third-order valence-electron chi connectivity index (χ3n) is 4.54. The van der Waals surface area contributed by atoms with E-state index >= 15 is 0 Å². The zero-order valence-electron chi connectivity index (χ0n) is 15.6. The van der Waals surface area contributed by atoms with E-state index in [1.54, 1.807) is 24.3 Å². The van der Waals surface area contributed by atoms with Gasteiger partial charge in [-0.2, -0.15) is 9.04 Å². The quantitative estimate of drug-likeness (QED) is 0.374. The van der Waals surface area contributed by atoms with Crippen LogP contribution < -0.4 is 4.73 Å². The Balaban J connectivity index is 1.47. The highest BCUT2D eigenvalue weighted by molar-refractivity contribution is 7.88. The molecule has 0 saturated carbocycles. The van der Waals surface area contributed by atoms with Gasteiger partial charge in [-0.15, -0.1) is 0 Å². The molecule has 2 heterocycles. The number of hydrogen-bond acceptors (Lipinski definition) is 6. The molecule has 1 aromatic carbocycles. The maximum absolute atomic E-state index is 12.6. The first-order valence-electron chi connectivity index (χ1n) is 9.00. The molecule has 0 bridgehead atoms. The SMILES string of the molecule is O=C(OCC(=O)N1CCN(S(=O)(=O)Cc2ccccc2)CC1)c1cc[n+]([O-])cc1. The summed E-state index contributed by atoms with van der Waals surface area (Å²) in [5, 5.41) is 11.0. The van der Waals surface area contributed by atoms with Crippen LogP contribution in [0.15, 0.2) is 54.9 Å². The number of benzene rings is 1. The Morgan fingerprint density at radius 3 is 2.24 bits per heavy atom. The van der Waals surface area contributed by atoms with E-state index in [-0.39, 0.29) is 37.5 Å². The average Bonchev–Trinajstić information content (AvgIpc) is 2.73. The van der Waals surface area contributed by atoms with Crippen LogP contribution in [-0.2, 0) is 25.3 Å². The number of hydrogen-bond donors (Lipinski definition) is 0. The number of carbonyl (C=O) groups is 2. The summed E-state index contributed by atoms with van der Waals surface area (Å²) in [5.74, 6) is -1.18. The first-order valence-corrected chi connectivity index (χ1v) is 10.6. The van der Waals surface area contributed by atoms with E-state index in [1.165, 1.54) is 21.3 Å². The fourth-order valence-corrected chi connectivity index (χ4v) is 4.46. The van der Waals surface area contributed by atoms with Gasteiger partial charge in [-0.1, -0.05) is 30.3 Å². The predicted molar refractivity (Wildman–Crippen MR) is 103 cm³/mol. The maximum atomic E-state index is 12.6. The predicted octanol–water partition coefficient (Wildman–Crippen LogP) is 0.151. The highest BCUT2D eigenvalue weighted by Crippen LogP contribution is 2.14. The third kappa shape index (κ3) is 5.52. The summed E-state index contributed by atoms with van der Waals surface area (Å²) < 4.78 is 32.0. The van der Waals surface area contributed by atoms with Crippen molar-refractivity contribution in [2.45, 2.75) is 5.75 Å². The molecule has 0 spiro atoms. The number of pyridine rings is 1. The third-order valence-corrected chi connectivity index (χ3v) is 6.39. The van der Waals surface area contributed by atoms with E-state index in [4.69, 9.17) is 4.74 Å². The lowest BCUT2D eigenvalue weighted by Gasteiger charge is -2.33. The smallest absolute Gasteiger partial charge is 0.339 e. The van der Waals surface area contributed by atoms with Crippen LogP contribution in [0, 0.1) is 5.21 Å². The fourth-order valence-electron chi connectivity index (χ4n) is 2.94. The van der Waals surface area contributed by atoms with Gasteiger partial charge in [-0.3, -0.25) is 4.79 Å². The van der Waals surface area contributed by atoms with Gasteiger partial charge in [0.1, 0.15) is 0 Å². The van der Waals surface area contributed by atoms with Crippen LogP contribution in [0.25, 0.3) is 0 Å². The van der Waals surface area contributed by atoms with E-state index in [1.807, 2.05) is 6.07 Å². The molecule has 10 heteroatoms. The number of amides is 1. The second-order valence-electron chi connectivity index (χ2n) is 6.54. The minimum Gasteiger partial charge on any atom is -0.619 e. The van der Waals surface area contributed by atoms with Gasteiger partial charge >= 0.3 is 5.97 Å². The van der Waals surface area contributed by atoms with Crippen LogP contribution >= 0.6 is 0 Å². The molecule has 0 radical (unpaired) electrons. The molecule has 0 N–H and O–H groups in total. The molecule has 0 atom stereocenters. The molecule has 1 aromatic heterocycles. The second kappa shape index (κ2) is 9.01. The number of rotatable bonds is 6. The lowest BCUT2D eigenvalue weighted by molar-refractivity contribution is -0.605. The van der Waals surface area contributed by atoms with Gasteiger partial charge in [0.25, 0.3) is 5.91 Å². The van der Waals surface area contributed by atoms with E-state index in [0.717, 1.165) is 12.4 Å². The summed E-state index contributed by atoms with van der Waals surface area (Å²) in [5.41, 5.74) is 0.878. The highest BCUT2D eigenvalue weighted by Gasteiger charge is 2.29. The Hall–Kier alpha value is -2.98. The molecule has 3 rings (SSSR count). The molecule has 0 unspecified atom stereocenters. The maximum Gasteiger partial charge on any atom is 0.339 e. The molecule has 0 aliphatic carbocycles. The summed E-state index contributed by atoms with van der Waals surface area (Å²) in [6.07, 6.45) is 2.32. The van der Waals surface area contributed by atoms with E-state index in [9.17, 15) is 23.2 Å². The van der Waals surface area contributed by atoms with Gasteiger partial charge in [-0.05, 0) is 5.56 Å². The van der Waals surface area contributed by atoms with Gasteiger partial charge in [0.15, 0.2) is 19.0 Å². The first kappa shape index (κ1) is 20.7. The largest absolute Gasteiger partial charge is 0.619 e. The Morgan fingerprint density at radius 2 is 1.62 bits per heavy atom. The molecule has 1 fully saturated rings. The second-order valence-corrected chi connectivity index (χ2v) is 8.51. The molecule has 154 valence electrons. The van der Waals surface area contributed by atoms with E-state index in [0.29, 0.717) is 10.3 Å². The van der Waals surface area contributed by atoms with Crippen LogP contribution in [0.4, 0.5) is 0 Å². The molecular weight excluding hydrogens is 398 g/mol. The van der Waals surface area contributed by atoms with Crippen LogP contribution in [0.5, 0.6) is 0 Å². The molecule has 1 amide bonds. The fraction of sp³-hybridized carbons (Fsp3) is 0.316. The molecular formula is C19H21N3O6S. The number of aromatic nitrogens is 1. The molecule has 1 saturated heterocycles. The molecule has 1 aliphatic rings. The van der Waals surface area contributed by atoms with Crippen molar-refractivity contribution >= 4 is 21.9 Å². The lowest BCUT2D eigenvalue weighted by Crippen LogP contribution is -2.51. The van der Waals surface area contributed by atoms with Crippen LogP contribution in [0.1, 0.15) is 15.9 Å². The zero-order valence-corrected chi connectivity index (χ0v) is 16.5. The molecule has 1 aliphatic heterocycles. The summed E-state index contributed by atoms with van der Waals surface area (Å²) in [6.45, 7) is 0.397. The summed E-state index contributed by atoms with van der Waals surface area (Å²) in [7, 11) is -3.47. The number of sulfonamides is 1. The monoisotopic (exact) mass is 419 g/mol. The van der Waals surface area contributed by atoms with Crippen molar-refractivity contribution in [2.75, 3.05) is 32.8 Å². The van der Waals surface area contributed by atoms with Gasteiger partial charge in [0.2, 0.25) is 10.0 Å². The van der Waals surface area contributed by atoms with Crippen molar-refractivity contribution in [3.63, 3.8) is 0 Å². The minimum absolute atomic E-state index is 0.0835. The van der Waals surface area contributed by atoms with Crippen molar-refractivity contribution in [1.29, 1.82) is 0 Å². The molecule has 9 nitrogen and oxygen atoms in total. The van der Waals surface area contributed by atoms with Gasteiger partial charge in [0, 0.05) is 38.3 Å². The number of nitrogens with zero attached hydrogens (tertiary/aromatic N) is 3. The number of ether oxygens (including phenoxy) is 1. The Morgan fingerprint density at radius 1 is 1.00 bits per heavy atom. The summed E-state index contributed by atoms with van der Waals surface area (Å²) in [4.78, 5) is 25.6. The minimum atomic E-state index is -3.47. The van der Waals surface area contributed by atoms with Crippen molar-refractivity contribution in [1.82, 2.24) is 9.21 Å². The molecule has 29 heavy (non-hydrogen) atoms. The topological polar surface area (TPSA) is 111 Å². The first-order chi connectivity index (χ1) is 13.8. The van der Waals surface area contributed by atoms with E-state index in [2.05, 4.69) is 0 Å². The van der Waals surface area contributed by atoms with Crippen LogP contribution in [0.3, 0.4) is 0 Å². The standard InChI is InChI=1S/C19H21N3O6S/c23-18(14-28-19(24)17-6-8-21(25)9-7-17)20-10-12-22(13-11-20)29(26,27)15-16-4-2-1-3-5-16/h1-9H,10-15H2. The lowest BCUT2D eigenvalue weighted by atomic mass is 10.2. The van der Waals surface area contributed by atoms with E-state index < -0.39 is 28.5 Å². The zero-order chi connectivity index (χ0) is 20.9. The summed E-state index contributed by atoms with van der Waals surface area (Å²) >= 11 is 0. The Labute approximate surface area is 168 Å². The number of esters is 1. The van der Waals surface area contributed by atoms with Crippen molar-refractivity contribution < 1.29 is 27.5 Å². The average molecular weight is 419 g/mol. The van der Waals surface area contributed by atoms with Crippen molar-refractivity contribution in [3.8, 4) is 0 Å². The Kier molecular flexibility index (Phi) is 6.45. The van der Waals surface area contributed by atoms with Gasteiger partial charge in [0.05, 0.1) is 11.3 Å². The van der Waals surface area contributed by atoms with Crippen molar-refractivity contribution in [3.05, 3.63) is 71.2 Å². The molecule has 2 aromatic rings. The number of piperazine rings is 1. The summed E-state index contributed by atoms with van der Waals surface area (Å²) in [6, 6.07) is 11.5. The Bertz CT molecular complexity index is 955. The normalized spacial score (nSPS) is 15.1. The van der Waals surface area contributed by atoms with Gasteiger partial charge < -0.3 is 14.8 Å². The van der Waals surface area contributed by atoms with Crippen LogP contribution in [-0.4, -0.2) is 62.3 Å². The number of carbonyl (C=O) groups excluding carboxylic acids is 2. The van der Waals surface area contributed by atoms with Gasteiger partial charge in [-0.25, -0.2) is 13.2 Å². The van der Waals surface area contributed by atoms with Crippen molar-refractivity contribution in [2.24, 2.45) is 0 Å². The highest BCUT2D eigenvalue weighted by atomic mass is 32.2. The van der Waals surface area contributed by atoms with Crippen LogP contribution in [0.2, 0.25) is 0 Å².